The minimum absolute atomic E-state index is 0.0911. The van der Waals surface area contributed by atoms with Crippen molar-refractivity contribution in [3.8, 4) is 0 Å². The van der Waals surface area contributed by atoms with E-state index in [-0.39, 0.29) is 12.5 Å². The Morgan fingerprint density at radius 3 is 2.58 bits per heavy atom. The number of aryl methyl sites for hydroxylation is 1. The highest BCUT2D eigenvalue weighted by Gasteiger charge is 2.44. The summed E-state index contributed by atoms with van der Waals surface area (Å²) in [6.07, 6.45) is 0.211. The highest BCUT2D eigenvalue weighted by molar-refractivity contribution is 5.83. The van der Waals surface area contributed by atoms with Crippen molar-refractivity contribution in [3.63, 3.8) is 0 Å². The molecule has 2 aromatic carbocycles. The number of ether oxygens (including phenoxy) is 2. The molecule has 0 N–H and O–H groups in total. The van der Waals surface area contributed by atoms with Crippen molar-refractivity contribution in [1.82, 2.24) is 4.90 Å². The number of methoxy groups -OCH3 is 1. The van der Waals surface area contributed by atoms with Crippen LogP contribution < -0.4 is 0 Å². The molecular formula is C21H23NO4. The van der Waals surface area contributed by atoms with Gasteiger partial charge in [-0.3, -0.25) is 4.90 Å². The third-order valence-corrected chi connectivity index (χ3v) is 4.75. The smallest absolute Gasteiger partial charge is 0.410 e. The van der Waals surface area contributed by atoms with Crippen LogP contribution in [0.4, 0.5) is 4.79 Å². The van der Waals surface area contributed by atoms with Crippen LogP contribution in [-0.2, 0) is 20.9 Å². The SMILES string of the molecule is COC(=O)C1C(c2cccc(C)c2)CCN1C(=O)OCc1ccccc1. The molecule has 3 rings (SSSR count). The van der Waals surface area contributed by atoms with E-state index in [9.17, 15) is 9.59 Å². The molecule has 2 atom stereocenters. The molecule has 1 fully saturated rings. The highest BCUT2D eigenvalue weighted by atomic mass is 16.6. The zero-order chi connectivity index (χ0) is 18.5. The summed E-state index contributed by atoms with van der Waals surface area (Å²) in [6, 6.07) is 16.8. The number of benzene rings is 2. The van der Waals surface area contributed by atoms with E-state index < -0.39 is 18.1 Å². The number of hydrogen-bond acceptors (Lipinski definition) is 4. The first-order chi connectivity index (χ1) is 12.6. The van der Waals surface area contributed by atoms with E-state index in [2.05, 4.69) is 6.07 Å². The van der Waals surface area contributed by atoms with Gasteiger partial charge in [0.2, 0.25) is 0 Å². The Labute approximate surface area is 153 Å². The molecule has 1 heterocycles. The summed E-state index contributed by atoms with van der Waals surface area (Å²) in [4.78, 5) is 26.5. The van der Waals surface area contributed by atoms with Crippen LogP contribution in [0.5, 0.6) is 0 Å². The molecule has 26 heavy (non-hydrogen) atoms. The summed E-state index contributed by atoms with van der Waals surface area (Å²) in [5, 5.41) is 0. The number of amides is 1. The molecular weight excluding hydrogens is 330 g/mol. The van der Waals surface area contributed by atoms with Gasteiger partial charge < -0.3 is 9.47 Å². The zero-order valence-corrected chi connectivity index (χ0v) is 15.1. The maximum absolute atomic E-state index is 12.6. The highest BCUT2D eigenvalue weighted by Crippen LogP contribution is 2.35. The predicted octanol–water partition coefficient (Wildman–Crippen LogP) is 3.66. The third-order valence-electron chi connectivity index (χ3n) is 4.75. The molecule has 0 radical (unpaired) electrons. The fourth-order valence-electron chi connectivity index (χ4n) is 3.46. The lowest BCUT2D eigenvalue weighted by Crippen LogP contribution is -2.43. The van der Waals surface area contributed by atoms with Crippen molar-refractivity contribution in [2.24, 2.45) is 0 Å². The van der Waals surface area contributed by atoms with Crippen molar-refractivity contribution in [2.45, 2.75) is 31.9 Å². The lowest BCUT2D eigenvalue weighted by molar-refractivity contribution is -0.145. The molecule has 0 saturated carbocycles. The van der Waals surface area contributed by atoms with Gasteiger partial charge in [0.25, 0.3) is 0 Å². The molecule has 136 valence electrons. The summed E-state index contributed by atoms with van der Waals surface area (Å²) in [6.45, 7) is 2.66. The van der Waals surface area contributed by atoms with Gasteiger partial charge >= 0.3 is 12.1 Å². The van der Waals surface area contributed by atoms with Gasteiger partial charge in [0.15, 0.2) is 0 Å². The van der Waals surface area contributed by atoms with E-state index in [4.69, 9.17) is 9.47 Å². The molecule has 0 aliphatic carbocycles. The van der Waals surface area contributed by atoms with Crippen molar-refractivity contribution in [3.05, 3.63) is 71.3 Å². The molecule has 1 amide bonds. The van der Waals surface area contributed by atoms with Crippen LogP contribution in [0.1, 0.15) is 29.0 Å². The second kappa shape index (κ2) is 8.04. The van der Waals surface area contributed by atoms with E-state index in [0.717, 1.165) is 16.7 Å². The average Bonchev–Trinajstić information content (AvgIpc) is 3.11. The molecule has 2 aromatic rings. The fourth-order valence-corrected chi connectivity index (χ4v) is 3.46. The minimum atomic E-state index is -0.662. The Hall–Kier alpha value is -2.82. The van der Waals surface area contributed by atoms with E-state index >= 15 is 0 Å². The van der Waals surface area contributed by atoms with Crippen LogP contribution in [0.25, 0.3) is 0 Å². The first-order valence-electron chi connectivity index (χ1n) is 8.72. The van der Waals surface area contributed by atoms with Gasteiger partial charge in [-0.15, -0.1) is 0 Å². The van der Waals surface area contributed by atoms with Crippen LogP contribution in [-0.4, -0.2) is 36.7 Å². The van der Waals surface area contributed by atoms with Gasteiger partial charge in [0.1, 0.15) is 12.6 Å². The molecule has 5 heteroatoms. The van der Waals surface area contributed by atoms with Gasteiger partial charge in [0, 0.05) is 12.5 Å². The van der Waals surface area contributed by atoms with E-state index in [1.165, 1.54) is 12.0 Å². The van der Waals surface area contributed by atoms with Crippen LogP contribution in [0.3, 0.4) is 0 Å². The van der Waals surface area contributed by atoms with E-state index in [1.807, 2.05) is 55.5 Å². The maximum atomic E-state index is 12.6. The summed E-state index contributed by atoms with van der Waals surface area (Å²) in [5.74, 6) is -0.503. The maximum Gasteiger partial charge on any atom is 0.410 e. The monoisotopic (exact) mass is 353 g/mol. The van der Waals surface area contributed by atoms with Gasteiger partial charge in [-0.25, -0.2) is 9.59 Å². The quantitative estimate of drug-likeness (QED) is 0.787. The number of carbonyl (C=O) groups is 2. The number of carbonyl (C=O) groups excluding carboxylic acids is 2. The first kappa shape index (κ1) is 18.0. The zero-order valence-electron chi connectivity index (χ0n) is 15.1. The summed E-state index contributed by atoms with van der Waals surface area (Å²) in [7, 11) is 1.35. The summed E-state index contributed by atoms with van der Waals surface area (Å²) < 4.78 is 10.4. The molecule has 0 spiro atoms. The average molecular weight is 353 g/mol. The molecule has 2 unspecified atom stereocenters. The summed E-state index contributed by atoms with van der Waals surface area (Å²) in [5.41, 5.74) is 3.07. The molecule has 1 saturated heterocycles. The molecule has 1 aliphatic heterocycles. The standard InChI is InChI=1S/C21H23NO4/c1-15-7-6-10-17(13-15)18-11-12-22(19(18)20(23)25-2)21(24)26-14-16-8-4-3-5-9-16/h3-10,13,18-19H,11-12,14H2,1-2H3. The minimum Gasteiger partial charge on any atom is -0.467 e. The van der Waals surface area contributed by atoms with Crippen LogP contribution in [0, 0.1) is 6.92 Å². The lowest BCUT2D eigenvalue weighted by Gasteiger charge is -2.25. The second-order valence-electron chi connectivity index (χ2n) is 6.51. The Morgan fingerprint density at radius 1 is 1.12 bits per heavy atom. The largest absolute Gasteiger partial charge is 0.467 e. The molecule has 1 aliphatic rings. The number of likely N-dealkylation sites (tertiary alicyclic amines) is 1. The topological polar surface area (TPSA) is 55.8 Å². The Kier molecular flexibility index (Phi) is 5.56. The third kappa shape index (κ3) is 3.87. The molecule has 5 nitrogen and oxygen atoms in total. The fraction of sp³-hybridized carbons (Fsp3) is 0.333. The van der Waals surface area contributed by atoms with Crippen LogP contribution >= 0.6 is 0 Å². The number of rotatable bonds is 4. The first-order valence-corrected chi connectivity index (χ1v) is 8.72. The van der Waals surface area contributed by atoms with Crippen molar-refractivity contribution < 1.29 is 19.1 Å². The van der Waals surface area contributed by atoms with Gasteiger partial charge in [0.05, 0.1) is 7.11 Å². The molecule has 0 bridgehead atoms. The van der Waals surface area contributed by atoms with Gasteiger partial charge in [-0.2, -0.15) is 0 Å². The Balaban J connectivity index is 1.75. The normalized spacial score (nSPS) is 19.2. The lowest BCUT2D eigenvalue weighted by atomic mass is 9.91. The number of esters is 1. The van der Waals surface area contributed by atoms with Crippen LogP contribution in [0.15, 0.2) is 54.6 Å². The Bertz CT molecular complexity index is 775. The second-order valence-corrected chi connectivity index (χ2v) is 6.51. The van der Waals surface area contributed by atoms with Crippen molar-refractivity contribution in [2.75, 3.05) is 13.7 Å². The summed E-state index contributed by atoms with van der Waals surface area (Å²) >= 11 is 0. The van der Waals surface area contributed by atoms with Crippen LogP contribution in [0.2, 0.25) is 0 Å². The molecule has 0 aromatic heterocycles. The Morgan fingerprint density at radius 2 is 1.88 bits per heavy atom. The van der Waals surface area contributed by atoms with Gasteiger partial charge in [-0.05, 0) is 24.5 Å². The van der Waals surface area contributed by atoms with Crippen molar-refractivity contribution in [1.29, 1.82) is 0 Å². The van der Waals surface area contributed by atoms with Crippen molar-refractivity contribution >= 4 is 12.1 Å². The predicted molar refractivity (Wildman–Crippen MR) is 97.7 cm³/mol. The van der Waals surface area contributed by atoms with Gasteiger partial charge in [-0.1, -0.05) is 60.2 Å². The van der Waals surface area contributed by atoms with E-state index in [1.54, 1.807) is 0 Å². The van der Waals surface area contributed by atoms with E-state index in [0.29, 0.717) is 13.0 Å². The number of nitrogens with zero attached hydrogens (tertiary/aromatic N) is 1. The number of hydrogen-bond donors (Lipinski definition) is 0.